The first-order chi connectivity index (χ1) is 12.3. The Kier molecular flexibility index (Phi) is 6.28. The van der Waals surface area contributed by atoms with E-state index >= 15 is 0 Å². The Balaban J connectivity index is 1.90. The van der Waals surface area contributed by atoms with Gasteiger partial charge in [0.15, 0.2) is 6.61 Å². The fourth-order valence-electron chi connectivity index (χ4n) is 2.59. The fraction of sp³-hybridized carbons (Fsp3) is 0.286. The quantitative estimate of drug-likeness (QED) is 0.640. The molecular weight excluding hydrogens is 330 g/mol. The molecule has 2 aromatic rings. The summed E-state index contributed by atoms with van der Waals surface area (Å²) in [6.07, 6.45) is 0. The standard InChI is InChI=1S/C21H23NO4/c1-13-6-5-7-17(11-13)20(24)22-16(4)21(25)26-12-19(23)18-9-8-14(2)10-15(18)3/h5-11,16H,12H2,1-4H3,(H,22,24)/t16-/m0/s1. The second kappa shape index (κ2) is 8.43. The summed E-state index contributed by atoms with van der Waals surface area (Å²) < 4.78 is 5.06. The predicted octanol–water partition coefficient (Wildman–Crippen LogP) is 3.16. The summed E-state index contributed by atoms with van der Waals surface area (Å²) in [5.74, 6) is -1.28. The summed E-state index contributed by atoms with van der Waals surface area (Å²) in [6, 6.07) is 11.7. The van der Waals surface area contributed by atoms with Crippen molar-refractivity contribution < 1.29 is 19.1 Å². The Bertz CT molecular complexity index is 842. The highest BCUT2D eigenvalue weighted by Crippen LogP contribution is 2.11. The fourth-order valence-corrected chi connectivity index (χ4v) is 2.59. The first-order valence-corrected chi connectivity index (χ1v) is 8.42. The zero-order valence-corrected chi connectivity index (χ0v) is 15.5. The zero-order valence-electron chi connectivity index (χ0n) is 15.5. The van der Waals surface area contributed by atoms with E-state index in [1.54, 1.807) is 24.3 Å². The van der Waals surface area contributed by atoms with E-state index in [-0.39, 0.29) is 18.3 Å². The van der Waals surface area contributed by atoms with Crippen LogP contribution in [0.2, 0.25) is 0 Å². The number of rotatable bonds is 6. The van der Waals surface area contributed by atoms with Crippen LogP contribution in [0.15, 0.2) is 42.5 Å². The predicted molar refractivity (Wildman–Crippen MR) is 99.3 cm³/mol. The average molecular weight is 353 g/mol. The molecular formula is C21H23NO4. The van der Waals surface area contributed by atoms with Crippen LogP contribution >= 0.6 is 0 Å². The molecule has 1 atom stereocenters. The van der Waals surface area contributed by atoms with Crippen LogP contribution in [0, 0.1) is 20.8 Å². The minimum Gasteiger partial charge on any atom is -0.456 e. The summed E-state index contributed by atoms with van der Waals surface area (Å²) in [4.78, 5) is 36.4. The Morgan fingerprint density at radius 3 is 2.35 bits per heavy atom. The average Bonchev–Trinajstić information content (AvgIpc) is 2.59. The number of ether oxygens (including phenoxy) is 1. The molecule has 0 aliphatic rings. The minimum atomic E-state index is -0.852. The highest BCUT2D eigenvalue weighted by Gasteiger charge is 2.20. The topological polar surface area (TPSA) is 72.5 Å². The van der Waals surface area contributed by atoms with E-state index in [2.05, 4.69) is 5.32 Å². The molecule has 26 heavy (non-hydrogen) atoms. The van der Waals surface area contributed by atoms with Gasteiger partial charge >= 0.3 is 5.97 Å². The van der Waals surface area contributed by atoms with Crippen LogP contribution in [-0.4, -0.2) is 30.3 Å². The van der Waals surface area contributed by atoms with Crippen molar-refractivity contribution in [2.45, 2.75) is 33.7 Å². The number of amides is 1. The Labute approximate surface area is 153 Å². The van der Waals surface area contributed by atoms with Gasteiger partial charge in [0.2, 0.25) is 5.78 Å². The summed E-state index contributed by atoms with van der Waals surface area (Å²) in [5.41, 5.74) is 3.85. The number of esters is 1. The molecule has 0 fully saturated rings. The highest BCUT2D eigenvalue weighted by atomic mass is 16.5. The van der Waals surface area contributed by atoms with Gasteiger partial charge in [0.25, 0.3) is 5.91 Å². The summed E-state index contributed by atoms with van der Waals surface area (Å²) >= 11 is 0. The first kappa shape index (κ1) is 19.4. The van der Waals surface area contributed by atoms with E-state index in [1.165, 1.54) is 6.92 Å². The van der Waals surface area contributed by atoms with Gasteiger partial charge in [-0.25, -0.2) is 4.79 Å². The van der Waals surface area contributed by atoms with Crippen molar-refractivity contribution in [1.29, 1.82) is 0 Å². The monoisotopic (exact) mass is 353 g/mol. The smallest absolute Gasteiger partial charge is 0.328 e. The van der Waals surface area contributed by atoms with Gasteiger partial charge in [-0.15, -0.1) is 0 Å². The lowest BCUT2D eigenvalue weighted by Gasteiger charge is -2.14. The lowest BCUT2D eigenvalue weighted by molar-refractivity contribution is -0.144. The number of nitrogens with one attached hydrogen (secondary N) is 1. The lowest BCUT2D eigenvalue weighted by atomic mass is 10.0. The SMILES string of the molecule is Cc1cccc(C(=O)N[C@@H](C)C(=O)OCC(=O)c2ccc(C)cc2C)c1. The molecule has 0 heterocycles. The van der Waals surface area contributed by atoms with E-state index in [0.717, 1.165) is 16.7 Å². The number of benzene rings is 2. The maximum atomic E-state index is 12.2. The summed E-state index contributed by atoms with van der Waals surface area (Å²) in [6.45, 7) is 6.84. The maximum absolute atomic E-state index is 12.2. The van der Waals surface area contributed by atoms with Crippen molar-refractivity contribution in [3.05, 3.63) is 70.3 Å². The van der Waals surface area contributed by atoms with Gasteiger partial charge < -0.3 is 10.1 Å². The van der Waals surface area contributed by atoms with Crippen molar-refractivity contribution in [3.8, 4) is 0 Å². The number of Topliss-reactive ketones (excluding diaryl/α,β-unsaturated/α-hetero) is 1. The van der Waals surface area contributed by atoms with Gasteiger partial charge in [-0.2, -0.15) is 0 Å². The second-order valence-corrected chi connectivity index (χ2v) is 6.41. The van der Waals surface area contributed by atoms with Gasteiger partial charge in [-0.3, -0.25) is 9.59 Å². The first-order valence-electron chi connectivity index (χ1n) is 8.42. The highest BCUT2D eigenvalue weighted by molar-refractivity contribution is 6.00. The van der Waals surface area contributed by atoms with E-state index in [0.29, 0.717) is 11.1 Å². The molecule has 2 rings (SSSR count). The maximum Gasteiger partial charge on any atom is 0.328 e. The molecule has 136 valence electrons. The summed E-state index contributed by atoms with van der Waals surface area (Å²) in [5, 5.41) is 2.58. The number of ketones is 1. The van der Waals surface area contributed by atoms with Crippen molar-refractivity contribution in [3.63, 3.8) is 0 Å². The van der Waals surface area contributed by atoms with Gasteiger partial charge in [-0.1, -0.05) is 41.5 Å². The van der Waals surface area contributed by atoms with Crippen molar-refractivity contribution in [2.24, 2.45) is 0 Å². The van der Waals surface area contributed by atoms with Crippen LogP contribution in [0.5, 0.6) is 0 Å². The third-order valence-electron chi connectivity index (χ3n) is 4.01. The molecule has 2 aromatic carbocycles. The molecule has 0 unspecified atom stereocenters. The zero-order chi connectivity index (χ0) is 19.3. The molecule has 0 radical (unpaired) electrons. The molecule has 0 saturated carbocycles. The van der Waals surface area contributed by atoms with Crippen LogP contribution in [0.4, 0.5) is 0 Å². The van der Waals surface area contributed by atoms with Gasteiger partial charge in [0.1, 0.15) is 6.04 Å². The largest absolute Gasteiger partial charge is 0.456 e. The van der Waals surface area contributed by atoms with Gasteiger partial charge in [0.05, 0.1) is 0 Å². The van der Waals surface area contributed by atoms with Crippen molar-refractivity contribution in [1.82, 2.24) is 5.32 Å². The molecule has 0 saturated heterocycles. The van der Waals surface area contributed by atoms with Crippen LogP contribution < -0.4 is 5.32 Å². The van der Waals surface area contributed by atoms with E-state index in [4.69, 9.17) is 4.74 Å². The molecule has 5 nitrogen and oxygen atoms in total. The van der Waals surface area contributed by atoms with Gasteiger partial charge in [-0.05, 0) is 45.4 Å². The Morgan fingerprint density at radius 2 is 1.69 bits per heavy atom. The number of hydrogen-bond donors (Lipinski definition) is 1. The second-order valence-electron chi connectivity index (χ2n) is 6.41. The van der Waals surface area contributed by atoms with Crippen LogP contribution in [0.25, 0.3) is 0 Å². The molecule has 1 N–H and O–H groups in total. The van der Waals surface area contributed by atoms with Crippen LogP contribution in [0.1, 0.15) is 44.3 Å². The van der Waals surface area contributed by atoms with Gasteiger partial charge in [0, 0.05) is 11.1 Å². The minimum absolute atomic E-state index is 0.270. The van der Waals surface area contributed by atoms with Crippen molar-refractivity contribution >= 4 is 17.7 Å². The Morgan fingerprint density at radius 1 is 1.00 bits per heavy atom. The molecule has 0 aromatic heterocycles. The Hall–Kier alpha value is -2.95. The van der Waals surface area contributed by atoms with E-state index in [1.807, 2.05) is 39.0 Å². The molecule has 0 aliphatic heterocycles. The third-order valence-corrected chi connectivity index (χ3v) is 4.01. The lowest BCUT2D eigenvalue weighted by Crippen LogP contribution is -2.40. The molecule has 5 heteroatoms. The normalized spacial score (nSPS) is 11.5. The molecule has 0 bridgehead atoms. The number of carbonyl (C=O) groups is 3. The molecule has 1 amide bonds. The third kappa shape index (κ3) is 5.02. The van der Waals surface area contributed by atoms with E-state index in [9.17, 15) is 14.4 Å². The van der Waals surface area contributed by atoms with E-state index < -0.39 is 12.0 Å². The molecule has 0 spiro atoms. The summed E-state index contributed by atoms with van der Waals surface area (Å²) in [7, 11) is 0. The molecule has 0 aliphatic carbocycles. The number of aryl methyl sites for hydroxylation is 3. The van der Waals surface area contributed by atoms with Crippen LogP contribution in [-0.2, 0) is 9.53 Å². The van der Waals surface area contributed by atoms with Crippen LogP contribution in [0.3, 0.4) is 0 Å². The van der Waals surface area contributed by atoms with Crippen molar-refractivity contribution in [2.75, 3.05) is 6.61 Å². The number of carbonyl (C=O) groups excluding carboxylic acids is 3. The number of hydrogen-bond acceptors (Lipinski definition) is 4.